The topological polar surface area (TPSA) is 30.5 Å². The van der Waals surface area contributed by atoms with Gasteiger partial charge < -0.3 is 14.8 Å². The Hall–Kier alpha value is -1.22. The number of methoxy groups -OCH3 is 2. The Morgan fingerprint density at radius 1 is 1.05 bits per heavy atom. The molecular formula is C16H23NO2. The third-order valence-corrected chi connectivity index (χ3v) is 4.72. The van der Waals surface area contributed by atoms with E-state index in [-0.39, 0.29) is 0 Å². The molecule has 2 aliphatic rings. The van der Waals surface area contributed by atoms with Crippen LogP contribution < -0.4 is 14.8 Å². The van der Waals surface area contributed by atoms with Gasteiger partial charge in [0.1, 0.15) is 11.5 Å². The molecule has 0 bridgehead atoms. The highest BCUT2D eigenvalue weighted by atomic mass is 16.5. The van der Waals surface area contributed by atoms with E-state index in [9.17, 15) is 0 Å². The van der Waals surface area contributed by atoms with Crippen LogP contribution in [0.5, 0.6) is 11.5 Å². The predicted octanol–water partition coefficient (Wildman–Crippen LogP) is 3.30. The zero-order valence-electron chi connectivity index (χ0n) is 11.8. The normalized spacial score (nSPS) is 29.9. The van der Waals surface area contributed by atoms with E-state index in [1.54, 1.807) is 14.2 Å². The van der Waals surface area contributed by atoms with Crippen molar-refractivity contribution in [1.29, 1.82) is 0 Å². The van der Waals surface area contributed by atoms with Crippen LogP contribution in [0.15, 0.2) is 18.2 Å². The van der Waals surface area contributed by atoms with E-state index in [1.165, 1.54) is 37.7 Å². The highest BCUT2D eigenvalue weighted by molar-refractivity contribution is 5.42. The van der Waals surface area contributed by atoms with Crippen molar-refractivity contribution in [2.75, 3.05) is 14.2 Å². The lowest BCUT2D eigenvalue weighted by Gasteiger charge is -2.34. The van der Waals surface area contributed by atoms with E-state index in [1.807, 2.05) is 12.1 Å². The number of ether oxygens (including phenoxy) is 2. The maximum absolute atomic E-state index is 5.53. The van der Waals surface area contributed by atoms with Crippen molar-refractivity contribution in [2.24, 2.45) is 5.92 Å². The Morgan fingerprint density at radius 2 is 1.95 bits per heavy atom. The maximum Gasteiger partial charge on any atom is 0.127 e. The number of fused-ring (bicyclic) bond motifs is 1. The second-order valence-corrected chi connectivity index (χ2v) is 5.70. The molecule has 0 radical (unpaired) electrons. The Labute approximate surface area is 115 Å². The maximum atomic E-state index is 5.53. The molecule has 1 aliphatic carbocycles. The molecule has 1 heterocycles. The number of hydrogen-bond acceptors (Lipinski definition) is 3. The molecule has 3 heteroatoms. The van der Waals surface area contributed by atoms with Crippen LogP contribution in [-0.4, -0.2) is 20.3 Å². The Kier molecular flexibility index (Phi) is 3.65. The van der Waals surface area contributed by atoms with Crippen molar-refractivity contribution < 1.29 is 9.47 Å². The van der Waals surface area contributed by atoms with Crippen LogP contribution in [-0.2, 0) is 0 Å². The van der Waals surface area contributed by atoms with Crippen LogP contribution in [0.2, 0.25) is 0 Å². The molecule has 3 unspecified atom stereocenters. The first-order valence-electron chi connectivity index (χ1n) is 7.30. The minimum Gasteiger partial charge on any atom is -0.497 e. The van der Waals surface area contributed by atoms with Crippen molar-refractivity contribution in [1.82, 2.24) is 5.32 Å². The fourth-order valence-corrected chi connectivity index (χ4v) is 3.68. The molecule has 104 valence electrons. The fourth-order valence-electron chi connectivity index (χ4n) is 3.68. The van der Waals surface area contributed by atoms with Gasteiger partial charge >= 0.3 is 0 Å². The summed E-state index contributed by atoms with van der Waals surface area (Å²) in [6.45, 7) is 0. The van der Waals surface area contributed by atoms with Gasteiger partial charge in [-0.3, -0.25) is 0 Å². The number of nitrogens with one attached hydrogen (secondary N) is 1. The Balaban J connectivity index is 1.81. The largest absolute Gasteiger partial charge is 0.497 e. The summed E-state index contributed by atoms with van der Waals surface area (Å²) < 4.78 is 10.8. The van der Waals surface area contributed by atoms with Gasteiger partial charge in [0.2, 0.25) is 0 Å². The number of hydrogen-bond donors (Lipinski definition) is 1. The van der Waals surface area contributed by atoms with Crippen LogP contribution in [0.4, 0.5) is 0 Å². The minimum absolute atomic E-state index is 0.431. The lowest BCUT2D eigenvalue weighted by molar-refractivity contribution is 0.256. The van der Waals surface area contributed by atoms with E-state index in [0.29, 0.717) is 12.1 Å². The molecule has 1 N–H and O–H groups in total. The van der Waals surface area contributed by atoms with Crippen molar-refractivity contribution in [3.05, 3.63) is 23.8 Å². The molecule has 0 amide bonds. The van der Waals surface area contributed by atoms with Gasteiger partial charge in [0, 0.05) is 23.7 Å². The van der Waals surface area contributed by atoms with Gasteiger partial charge in [0.15, 0.2) is 0 Å². The average Bonchev–Trinajstić information content (AvgIpc) is 2.93. The number of piperidine rings is 1. The van der Waals surface area contributed by atoms with Crippen LogP contribution in [0.3, 0.4) is 0 Å². The van der Waals surface area contributed by atoms with Crippen LogP contribution >= 0.6 is 0 Å². The molecule has 3 nitrogen and oxygen atoms in total. The lowest BCUT2D eigenvalue weighted by Crippen LogP contribution is -2.40. The summed E-state index contributed by atoms with van der Waals surface area (Å²) in [6, 6.07) is 7.30. The van der Waals surface area contributed by atoms with E-state index in [0.717, 1.165) is 17.4 Å². The van der Waals surface area contributed by atoms with Crippen molar-refractivity contribution >= 4 is 0 Å². The average molecular weight is 261 g/mol. The Morgan fingerprint density at radius 3 is 2.74 bits per heavy atom. The van der Waals surface area contributed by atoms with Gasteiger partial charge in [-0.2, -0.15) is 0 Å². The molecule has 1 saturated carbocycles. The molecule has 3 atom stereocenters. The first-order valence-corrected chi connectivity index (χ1v) is 7.30. The molecule has 1 aliphatic heterocycles. The second kappa shape index (κ2) is 5.41. The van der Waals surface area contributed by atoms with Gasteiger partial charge in [-0.15, -0.1) is 0 Å². The van der Waals surface area contributed by atoms with Gasteiger partial charge in [0.05, 0.1) is 14.2 Å². The summed E-state index contributed by atoms with van der Waals surface area (Å²) in [5.41, 5.74) is 1.27. The molecule has 19 heavy (non-hydrogen) atoms. The molecule has 1 aromatic rings. The zero-order valence-corrected chi connectivity index (χ0v) is 11.8. The van der Waals surface area contributed by atoms with Crippen LogP contribution in [0.25, 0.3) is 0 Å². The summed E-state index contributed by atoms with van der Waals surface area (Å²) in [6.07, 6.45) is 6.68. The molecule has 0 aromatic heterocycles. The summed E-state index contributed by atoms with van der Waals surface area (Å²) >= 11 is 0. The van der Waals surface area contributed by atoms with Crippen LogP contribution in [0.1, 0.15) is 43.7 Å². The monoisotopic (exact) mass is 261 g/mol. The predicted molar refractivity (Wildman–Crippen MR) is 75.8 cm³/mol. The number of benzene rings is 1. The van der Waals surface area contributed by atoms with Gasteiger partial charge in [-0.05, 0) is 37.7 Å². The second-order valence-electron chi connectivity index (χ2n) is 5.70. The summed E-state index contributed by atoms with van der Waals surface area (Å²) in [5, 5.41) is 3.82. The highest BCUT2D eigenvalue weighted by Crippen LogP contribution is 2.40. The van der Waals surface area contributed by atoms with Gasteiger partial charge in [-0.25, -0.2) is 0 Å². The van der Waals surface area contributed by atoms with Crippen molar-refractivity contribution in [3.63, 3.8) is 0 Å². The molecule has 3 rings (SSSR count). The van der Waals surface area contributed by atoms with E-state index >= 15 is 0 Å². The first-order chi connectivity index (χ1) is 9.31. The molecule has 2 fully saturated rings. The highest BCUT2D eigenvalue weighted by Gasteiger charge is 2.34. The summed E-state index contributed by atoms with van der Waals surface area (Å²) in [5.74, 6) is 2.70. The van der Waals surface area contributed by atoms with E-state index < -0.39 is 0 Å². The minimum atomic E-state index is 0.431. The molecule has 1 saturated heterocycles. The van der Waals surface area contributed by atoms with Crippen molar-refractivity contribution in [3.8, 4) is 11.5 Å². The number of rotatable bonds is 3. The standard InChI is InChI=1S/C16H23NO2/c1-18-12-7-8-13(16(10-12)19-2)15-9-6-11-4-3-5-14(11)17-15/h7-8,10-11,14-15,17H,3-6,9H2,1-2H3. The lowest BCUT2D eigenvalue weighted by atomic mass is 9.86. The first kappa shape index (κ1) is 12.8. The molecule has 0 spiro atoms. The zero-order chi connectivity index (χ0) is 13.2. The quantitative estimate of drug-likeness (QED) is 0.905. The third-order valence-electron chi connectivity index (χ3n) is 4.72. The Bertz CT molecular complexity index is 446. The third kappa shape index (κ3) is 2.44. The summed E-state index contributed by atoms with van der Waals surface area (Å²) in [7, 11) is 3.43. The molecule has 1 aromatic carbocycles. The van der Waals surface area contributed by atoms with Crippen molar-refractivity contribution in [2.45, 2.75) is 44.2 Å². The van der Waals surface area contributed by atoms with Crippen LogP contribution in [0, 0.1) is 5.92 Å². The summed E-state index contributed by atoms with van der Waals surface area (Å²) in [4.78, 5) is 0. The van der Waals surface area contributed by atoms with E-state index in [4.69, 9.17) is 9.47 Å². The van der Waals surface area contributed by atoms with E-state index in [2.05, 4.69) is 11.4 Å². The van der Waals surface area contributed by atoms with Gasteiger partial charge in [-0.1, -0.05) is 12.5 Å². The smallest absolute Gasteiger partial charge is 0.127 e. The fraction of sp³-hybridized carbons (Fsp3) is 0.625. The molecular weight excluding hydrogens is 238 g/mol. The van der Waals surface area contributed by atoms with Gasteiger partial charge in [0.25, 0.3) is 0 Å². The SMILES string of the molecule is COc1ccc(C2CCC3CCCC3N2)c(OC)c1.